The van der Waals surface area contributed by atoms with Gasteiger partial charge in [0.1, 0.15) is 0 Å². The van der Waals surface area contributed by atoms with Gasteiger partial charge in [0, 0.05) is 6.54 Å². The van der Waals surface area contributed by atoms with E-state index in [-0.39, 0.29) is 6.04 Å². The molecule has 5 heteroatoms. The van der Waals surface area contributed by atoms with Gasteiger partial charge < -0.3 is 0 Å². The number of rotatable bonds is 6. The number of halogens is 1. The van der Waals surface area contributed by atoms with Crippen LogP contribution in [0.5, 0.6) is 0 Å². The third-order valence-corrected chi connectivity index (χ3v) is 3.93. The topological polar surface area (TPSA) is 55.9 Å². The van der Waals surface area contributed by atoms with Crippen molar-refractivity contribution >= 4 is 15.9 Å². The van der Waals surface area contributed by atoms with E-state index in [9.17, 15) is 0 Å². The summed E-state index contributed by atoms with van der Waals surface area (Å²) in [7, 11) is 0. The van der Waals surface area contributed by atoms with Gasteiger partial charge in [-0.1, -0.05) is 36.8 Å². The van der Waals surface area contributed by atoms with Gasteiger partial charge in [0.05, 0.1) is 22.4 Å². The van der Waals surface area contributed by atoms with Crippen molar-refractivity contribution in [2.24, 2.45) is 5.84 Å². The second kappa shape index (κ2) is 7.02. The Bertz CT molecular complexity index is 565. The summed E-state index contributed by atoms with van der Waals surface area (Å²) in [6.45, 7) is 5.14. The molecule has 1 aromatic heterocycles. The Balaban J connectivity index is 2.26. The largest absolute Gasteiger partial charge is 0.271 e. The van der Waals surface area contributed by atoms with Gasteiger partial charge in [-0.05, 0) is 41.3 Å². The van der Waals surface area contributed by atoms with Crippen LogP contribution in [-0.4, -0.2) is 9.78 Å². The molecule has 0 aliphatic carbocycles. The predicted octanol–water partition coefficient (Wildman–Crippen LogP) is 3.11. The molecule has 0 amide bonds. The molecule has 0 aliphatic rings. The smallest absolute Gasteiger partial charge is 0.0712 e. The Morgan fingerprint density at radius 3 is 2.90 bits per heavy atom. The van der Waals surface area contributed by atoms with E-state index < -0.39 is 0 Å². The van der Waals surface area contributed by atoms with E-state index in [0.29, 0.717) is 0 Å². The lowest BCUT2D eigenvalue weighted by molar-refractivity contribution is 0.476. The standard InChI is InChI=1S/C15H21BrN4/c1-3-7-20-15(13(16)10-18-20)14(19-17)9-12-6-4-5-11(2)8-12/h4-6,8,10,14,19H,3,7,9,17H2,1-2H3. The van der Waals surface area contributed by atoms with Gasteiger partial charge in [-0.2, -0.15) is 5.10 Å². The number of nitrogens with two attached hydrogens (primary N) is 1. The molecule has 0 radical (unpaired) electrons. The highest BCUT2D eigenvalue weighted by atomic mass is 79.9. The Morgan fingerprint density at radius 1 is 1.45 bits per heavy atom. The van der Waals surface area contributed by atoms with Crippen LogP contribution in [0.15, 0.2) is 34.9 Å². The summed E-state index contributed by atoms with van der Waals surface area (Å²) in [5.41, 5.74) is 6.56. The zero-order valence-corrected chi connectivity index (χ0v) is 13.5. The molecule has 1 atom stereocenters. The Morgan fingerprint density at radius 2 is 2.25 bits per heavy atom. The number of benzene rings is 1. The molecule has 3 N–H and O–H groups in total. The molecular weight excluding hydrogens is 316 g/mol. The molecule has 4 nitrogen and oxygen atoms in total. The molecule has 0 saturated heterocycles. The molecule has 0 aliphatic heterocycles. The average molecular weight is 337 g/mol. The van der Waals surface area contributed by atoms with Crippen LogP contribution < -0.4 is 11.3 Å². The Labute approximate surface area is 128 Å². The molecule has 1 aromatic carbocycles. The lowest BCUT2D eigenvalue weighted by atomic mass is 10.0. The SMILES string of the molecule is CCCn1ncc(Br)c1C(Cc1cccc(C)c1)NN. The number of aromatic nitrogens is 2. The average Bonchev–Trinajstić information content (AvgIpc) is 2.78. The Kier molecular flexibility index (Phi) is 5.34. The quantitative estimate of drug-likeness (QED) is 0.629. The molecule has 0 saturated carbocycles. The van der Waals surface area contributed by atoms with Crippen LogP contribution in [0, 0.1) is 6.92 Å². The molecule has 0 spiro atoms. The minimum absolute atomic E-state index is 0.0419. The highest BCUT2D eigenvalue weighted by Gasteiger charge is 2.19. The van der Waals surface area contributed by atoms with Crippen LogP contribution in [-0.2, 0) is 13.0 Å². The van der Waals surface area contributed by atoms with Crippen molar-refractivity contribution in [2.45, 2.75) is 39.3 Å². The van der Waals surface area contributed by atoms with E-state index in [0.717, 1.165) is 29.6 Å². The van der Waals surface area contributed by atoms with Crippen LogP contribution >= 0.6 is 15.9 Å². The van der Waals surface area contributed by atoms with Gasteiger partial charge in [-0.15, -0.1) is 0 Å². The summed E-state index contributed by atoms with van der Waals surface area (Å²) in [4.78, 5) is 0. The third-order valence-electron chi connectivity index (χ3n) is 3.32. The van der Waals surface area contributed by atoms with E-state index in [1.807, 2.05) is 10.9 Å². The van der Waals surface area contributed by atoms with E-state index in [2.05, 4.69) is 64.6 Å². The van der Waals surface area contributed by atoms with Gasteiger partial charge in [-0.3, -0.25) is 16.0 Å². The molecule has 108 valence electrons. The van der Waals surface area contributed by atoms with Gasteiger partial charge >= 0.3 is 0 Å². The van der Waals surface area contributed by atoms with Crippen LogP contribution in [0.1, 0.15) is 36.2 Å². The van der Waals surface area contributed by atoms with E-state index in [4.69, 9.17) is 5.84 Å². The predicted molar refractivity (Wildman–Crippen MR) is 85.2 cm³/mol. The number of nitrogens with one attached hydrogen (secondary N) is 1. The summed E-state index contributed by atoms with van der Waals surface area (Å²) in [6.07, 6.45) is 3.72. The maximum atomic E-state index is 5.77. The van der Waals surface area contributed by atoms with Gasteiger partial charge in [-0.25, -0.2) is 0 Å². The second-order valence-electron chi connectivity index (χ2n) is 5.01. The second-order valence-corrected chi connectivity index (χ2v) is 5.87. The molecule has 20 heavy (non-hydrogen) atoms. The van der Waals surface area contributed by atoms with Gasteiger partial charge in [0.25, 0.3) is 0 Å². The first-order chi connectivity index (χ1) is 9.65. The molecular formula is C15H21BrN4. The Hall–Kier alpha value is -1.17. The number of nitrogens with zero attached hydrogens (tertiary/aromatic N) is 2. The monoisotopic (exact) mass is 336 g/mol. The van der Waals surface area contributed by atoms with E-state index >= 15 is 0 Å². The molecule has 1 unspecified atom stereocenters. The summed E-state index contributed by atoms with van der Waals surface area (Å²) < 4.78 is 3.02. The zero-order valence-electron chi connectivity index (χ0n) is 11.9. The first kappa shape index (κ1) is 15.2. The molecule has 1 heterocycles. The van der Waals surface area contributed by atoms with Gasteiger partial charge in [0.15, 0.2) is 0 Å². The van der Waals surface area contributed by atoms with Crippen molar-refractivity contribution in [3.8, 4) is 0 Å². The summed E-state index contributed by atoms with van der Waals surface area (Å²) in [5, 5.41) is 4.41. The van der Waals surface area contributed by atoms with Crippen molar-refractivity contribution in [2.75, 3.05) is 0 Å². The fourth-order valence-corrected chi connectivity index (χ4v) is 2.99. The number of hydrogen-bond donors (Lipinski definition) is 2. The summed E-state index contributed by atoms with van der Waals surface area (Å²) >= 11 is 3.58. The number of aryl methyl sites for hydroxylation is 2. The third kappa shape index (κ3) is 3.48. The van der Waals surface area contributed by atoms with Crippen molar-refractivity contribution < 1.29 is 0 Å². The fourth-order valence-electron chi connectivity index (χ4n) is 2.42. The van der Waals surface area contributed by atoms with Crippen molar-refractivity contribution in [3.05, 3.63) is 51.8 Å². The molecule has 2 rings (SSSR count). The molecule has 2 aromatic rings. The summed E-state index contributed by atoms with van der Waals surface area (Å²) in [5.74, 6) is 5.77. The summed E-state index contributed by atoms with van der Waals surface area (Å²) in [6, 6.07) is 8.55. The highest BCUT2D eigenvalue weighted by Crippen LogP contribution is 2.26. The van der Waals surface area contributed by atoms with Crippen LogP contribution in [0.25, 0.3) is 0 Å². The number of hydrogen-bond acceptors (Lipinski definition) is 3. The maximum Gasteiger partial charge on any atom is 0.0712 e. The minimum atomic E-state index is 0.0419. The normalized spacial score (nSPS) is 12.6. The zero-order chi connectivity index (χ0) is 14.5. The van der Waals surface area contributed by atoms with Crippen LogP contribution in [0.2, 0.25) is 0 Å². The highest BCUT2D eigenvalue weighted by molar-refractivity contribution is 9.10. The lowest BCUT2D eigenvalue weighted by Gasteiger charge is -2.18. The van der Waals surface area contributed by atoms with Crippen molar-refractivity contribution in [1.29, 1.82) is 0 Å². The van der Waals surface area contributed by atoms with E-state index in [1.165, 1.54) is 11.1 Å². The molecule has 0 bridgehead atoms. The minimum Gasteiger partial charge on any atom is -0.271 e. The van der Waals surface area contributed by atoms with Crippen LogP contribution in [0.3, 0.4) is 0 Å². The molecule has 0 fully saturated rings. The lowest BCUT2D eigenvalue weighted by Crippen LogP contribution is -2.31. The van der Waals surface area contributed by atoms with Crippen LogP contribution in [0.4, 0.5) is 0 Å². The van der Waals surface area contributed by atoms with Crippen molar-refractivity contribution in [1.82, 2.24) is 15.2 Å². The van der Waals surface area contributed by atoms with E-state index in [1.54, 1.807) is 0 Å². The van der Waals surface area contributed by atoms with Gasteiger partial charge in [0.2, 0.25) is 0 Å². The van der Waals surface area contributed by atoms with Crippen molar-refractivity contribution in [3.63, 3.8) is 0 Å². The first-order valence-electron chi connectivity index (χ1n) is 6.88. The number of hydrazine groups is 1. The fraction of sp³-hybridized carbons (Fsp3) is 0.400. The first-order valence-corrected chi connectivity index (χ1v) is 7.67. The maximum absolute atomic E-state index is 5.77.